The summed E-state index contributed by atoms with van der Waals surface area (Å²) in [7, 11) is 1.92. The summed E-state index contributed by atoms with van der Waals surface area (Å²) in [6, 6.07) is 8.28. The van der Waals surface area contributed by atoms with Gasteiger partial charge in [0.25, 0.3) is 0 Å². The van der Waals surface area contributed by atoms with Crippen LogP contribution in [0.3, 0.4) is 0 Å². The lowest BCUT2D eigenvalue weighted by Gasteiger charge is -2.04. The molecule has 96 valence electrons. The van der Waals surface area contributed by atoms with Crippen LogP contribution in [0.25, 0.3) is 0 Å². The predicted octanol–water partition coefficient (Wildman–Crippen LogP) is 3.13. The van der Waals surface area contributed by atoms with Crippen LogP contribution in [0.5, 0.6) is 0 Å². The zero-order chi connectivity index (χ0) is 13.1. The Balaban J connectivity index is 2.06. The first-order valence-electron chi connectivity index (χ1n) is 5.71. The maximum atomic E-state index is 6.21. The molecule has 1 heterocycles. The standard InChI is InChI=1S/C13H16ClN3S/c1-9-13(14)12(17(2)16-9)8-18-11-5-3-10(7-15)4-6-11/h3-6H,7-8,15H2,1-2H3. The average Bonchev–Trinajstić information content (AvgIpc) is 2.62. The third kappa shape index (κ3) is 2.88. The van der Waals surface area contributed by atoms with Crippen molar-refractivity contribution in [2.75, 3.05) is 0 Å². The fourth-order valence-corrected chi connectivity index (χ4v) is 2.98. The van der Waals surface area contributed by atoms with Gasteiger partial charge in [-0.2, -0.15) is 5.10 Å². The van der Waals surface area contributed by atoms with E-state index >= 15 is 0 Å². The molecule has 0 aliphatic heterocycles. The Morgan fingerprint density at radius 2 is 2.00 bits per heavy atom. The first-order valence-corrected chi connectivity index (χ1v) is 7.08. The number of hydrogen-bond acceptors (Lipinski definition) is 3. The Morgan fingerprint density at radius 3 is 2.50 bits per heavy atom. The summed E-state index contributed by atoms with van der Waals surface area (Å²) in [5.41, 5.74) is 8.66. The zero-order valence-corrected chi connectivity index (χ0v) is 12.1. The molecule has 18 heavy (non-hydrogen) atoms. The van der Waals surface area contributed by atoms with E-state index in [1.54, 1.807) is 11.8 Å². The van der Waals surface area contributed by atoms with E-state index in [1.807, 2.05) is 18.7 Å². The number of aryl methyl sites for hydroxylation is 2. The highest BCUT2D eigenvalue weighted by Gasteiger charge is 2.10. The Bertz CT molecular complexity index is 534. The van der Waals surface area contributed by atoms with Gasteiger partial charge in [0, 0.05) is 24.2 Å². The molecule has 0 saturated heterocycles. The van der Waals surface area contributed by atoms with E-state index in [0.717, 1.165) is 27.7 Å². The lowest BCUT2D eigenvalue weighted by atomic mass is 10.2. The fourth-order valence-electron chi connectivity index (χ4n) is 1.71. The van der Waals surface area contributed by atoms with Crippen LogP contribution in [-0.2, 0) is 19.3 Å². The van der Waals surface area contributed by atoms with Crippen LogP contribution in [0.1, 0.15) is 17.0 Å². The second kappa shape index (κ2) is 5.78. The second-order valence-electron chi connectivity index (χ2n) is 4.11. The van der Waals surface area contributed by atoms with Crippen molar-refractivity contribution < 1.29 is 0 Å². The van der Waals surface area contributed by atoms with Crippen LogP contribution in [-0.4, -0.2) is 9.78 Å². The highest BCUT2D eigenvalue weighted by molar-refractivity contribution is 7.98. The topological polar surface area (TPSA) is 43.8 Å². The number of nitrogens with two attached hydrogens (primary N) is 1. The Hall–Kier alpha value is -0.970. The van der Waals surface area contributed by atoms with Crippen molar-refractivity contribution in [3.63, 3.8) is 0 Å². The summed E-state index contributed by atoms with van der Waals surface area (Å²) in [6.45, 7) is 2.50. The predicted molar refractivity (Wildman–Crippen MR) is 76.8 cm³/mol. The molecule has 0 bridgehead atoms. The van der Waals surface area contributed by atoms with E-state index in [2.05, 4.69) is 29.4 Å². The Labute approximate surface area is 116 Å². The monoisotopic (exact) mass is 281 g/mol. The summed E-state index contributed by atoms with van der Waals surface area (Å²) < 4.78 is 1.85. The number of hydrogen-bond donors (Lipinski definition) is 1. The van der Waals surface area contributed by atoms with E-state index in [0.29, 0.717) is 6.54 Å². The molecule has 1 aromatic carbocycles. The van der Waals surface area contributed by atoms with Gasteiger partial charge >= 0.3 is 0 Å². The minimum absolute atomic E-state index is 0.581. The molecule has 2 rings (SSSR count). The van der Waals surface area contributed by atoms with Gasteiger partial charge in [-0.05, 0) is 24.6 Å². The van der Waals surface area contributed by atoms with Crippen LogP contribution in [0.4, 0.5) is 0 Å². The molecule has 0 fully saturated rings. The minimum atomic E-state index is 0.581. The van der Waals surface area contributed by atoms with Crippen LogP contribution in [0.2, 0.25) is 5.02 Å². The molecule has 0 amide bonds. The number of nitrogens with zero attached hydrogens (tertiary/aromatic N) is 2. The second-order valence-corrected chi connectivity index (χ2v) is 5.53. The van der Waals surface area contributed by atoms with Crippen LogP contribution >= 0.6 is 23.4 Å². The van der Waals surface area contributed by atoms with Gasteiger partial charge in [0.2, 0.25) is 0 Å². The largest absolute Gasteiger partial charge is 0.326 e. The van der Waals surface area contributed by atoms with Crippen molar-refractivity contribution in [2.45, 2.75) is 24.1 Å². The number of rotatable bonds is 4. The minimum Gasteiger partial charge on any atom is -0.326 e. The molecule has 0 saturated carbocycles. The molecule has 2 aromatic rings. The van der Waals surface area contributed by atoms with Gasteiger partial charge < -0.3 is 5.73 Å². The summed E-state index contributed by atoms with van der Waals surface area (Å²) in [4.78, 5) is 1.21. The van der Waals surface area contributed by atoms with Crippen LogP contribution in [0, 0.1) is 6.92 Å². The van der Waals surface area contributed by atoms with Crippen LogP contribution < -0.4 is 5.73 Å². The summed E-state index contributed by atoms with van der Waals surface area (Å²) in [5, 5.41) is 5.07. The van der Waals surface area contributed by atoms with Gasteiger partial charge in [-0.15, -0.1) is 11.8 Å². The summed E-state index contributed by atoms with van der Waals surface area (Å²) >= 11 is 7.96. The van der Waals surface area contributed by atoms with Gasteiger partial charge in [-0.3, -0.25) is 4.68 Å². The molecule has 2 N–H and O–H groups in total. The molecular weight excluding hydrogens is 266 g/mol. The Kier molecular flexibility index (Phi) is 4.32. The van der Waals surface area contributed by atoms with Gasteiger partial charge in [-0.1, -0.05) is 23.7 Å². The average molecular weight is 282 g/mol. The van der Waals surface area contributed by atoms with Crippen molar-refractivity contribution in [3.8, 4) is 0 Å². The van der Waals surface area contributed by atoms with Gasteiger partial charge in [0.05, 0.1) is 16.4 Å². The molecule has 0 atom stereocenters. The highest BCUT2D eigenvalue weighted by Crippen LogP contribution is 2.28. The maximum absolute atomic E-state index is 6.21. The van der Waals surface area contributed by atoms with Crippen molar-refractivity contribution in [3.05, 3.63) is 46.2 Å². The van der Waals surface area contributed by atoms with Crippen molar-refractivity contribution in [1.82, 2.24) is 9.78 Å². The molecule has 3 nitrogen and oxygen atoms in total. The SMILES string of the molecule is Cc1nn(C)c(CSc2ccc(CN)cc2)c1Cl. The summed E-state index contributed by atoms with van der Waals surface area (Å²) in [6.07, 6.45) is 0. The van der Waals surface area contributed by atoms with E-state index in [4.69, 9.17) is 17.3 Å². The van der Waals surface area contributed by atoms with E-state index in [-0.39, 0.29) is 0 Å². The van der Waals surface area contributed by atoms with Crippen LogP contribution in [0.15, 0.2) is 29.2 Å². The van der Waals surface area contributed by atoms with E-state index in [1.165, 1.54) is 4.90 Å². The number of aromatic nitrogens is 2. The fraction of sp³-hybridized carbons (Fsp3) is 0.308. The lowest BCUT2D eigenvalue weighted by molar-refractivity contribution is 0.727. The maximum Gasteiger partial charge on any atom is 0.0855 e. The molecule has 0 unspecified atom stereocenters. The first-order chi connectivity index (χ1) is 8.61. The molecule has 0 aliphatic carbocycles. The number of benzene rings is 1. The number of halogens is 1. The Morgan fingerprint density at radius 1 is 1.33 bits per heavy atom. The van der Waals surface area contributed by atoms with Gasteiger partial charge in [-0.25, -0.2) is 0 Å². The molecule has 5 heteroatoms. The quantitative estimate of drug-likeness (QED) is 0.876. The summed E-state index contributed by atoms with van der Waals surface area (Å²) in [5.74, 6) is 0.818. The molecule has 0 aliphatic rings. The normalized spacial score (nSPS) is 10.9. The van der Waals surface area contributed by atoms with Gasteiger partial charge in [0.1, 0.15) is 0 Å². The number of thioether (sulfide) groups is 1. The first kappa shape index (κ1) is 13.5. The van der Waals surface area contributed by atoms with Crippen molar-refractivity contribution in [1.29, 1.82) is 0 Å². The third-order valence-electron chi connectivity index (χ3n) is 2.80. The molecule has 0 radical (unpaired) electrons. The lowest BCUT2D eigenvalue weighted by Crippen LogP contribution is -1.97. The smallest absolute Gasteiger partial charge is 0.0855 e. The van der Waals surface area contributed by atoms with E-state index in [9.17, 15) is 0 Å². The van der Waals surface area contributed by atoms with Crippen molar-refractivity contribution in [2.24, 2.45) is 12.8 Å². The zero-order valence-electron chi connectivity index (χ0n) is 10.5. The van der Waals surface area contributed by atoms with Crippen molar-refractivity contribution >= 4 is 23.4 Å². The molecule has 0 spiro atoms. The third-order valence-corrected chi connectivity index (χ3v) is 4.31. The molecule has 1 aromatic heterocycles. The van der Waals surface area contributed by atoms with Gasteiger partial charge in [0.15, 0.2) is 0 Å². The molecular formula is C13H16ClN3S. The highest BCUT2D eigenvalue weighted by atomic mass is 35.5. The van der Waals surface area contributed by atoms with E-state index < -0.39 is 0 Å².